The first-order chi connectivity index (χ1) is 14.6. The van der Waals surface area contributed by atoms with Crippen LogP contribution in [0.4, 0.5) is 11.4 Å². The van der Waals surface area contributed by atoms with Gasteiger partial charge in [0.25, 0.3) is 0 Å². The number of anilines is 2. The Balaban J connectivity index is 1.53. The van der Waals surface area contributed by atoms with Crippen molar-refractivity contribution in [1.29, 1.82) is 0 Å². The molecule has 0 aromatic heterocycles. The first kappa shape index (κ1) is 20.1. The number of carbonyl (C=O) groups is 1. The summed E-state index contributed by atoms with van der Waals surface area (Å²) in [6, 6.07) is 22.9. The minimum Gasteiger partial charge on any atom is -0.497 e. The van der Waals surface area contributed by atoms with Crippen molar-refractivity contribution < 1.29 is 14.3 Å². The highest BCUT2D eigenvalue weighted by Gasteiger charge is 2.29. The maximum Gasteiger partial charge on any atom is 0.226 e. The molecule has 0 fully saturated rings. The zero-order chi connectivity index (χ0) is 20.9. The number of nitrogens with zero attached hydrogens (tertiary/aromatic N) is 1. The third kappa shape index (κ3) is 4.69. The topological polar surface area (TPSA) is 50.8 Å². The fourth-order valence-corrected chi connectivity index (χ4v) is 3.74. The van der Waals surface area contributed by atoms with Gasteiger partial charge in [-0.1, -0.05) is 41.9 Å². The number of benzene rings is 3. The van der Waals surface area contributed by atoms with Crippen molar-refractivity contribution in [1.82, 2.24) is 0 Å². The molecule has 4 rings (SSSR count). The van der Waals surface area contributed by atoms with Gasteiger partial charge in [-0.2, -0.15) is 0 Å². The summed E-state index contributed by atoms with van der Waals surface area (Å²) in [4.78, 5) is 15.0. The van der Waals surface area contributed by atoms with E-state index in [-0.39, 0.29) is 11.9 Å². The van der Waals surface area contributed by atoms with Crippen LogP contribution >= 0.6 is 11.6 Å². The van der Waals surface area contributed by atoms with Crippen LogP contribution in [-0.4, -0.2) is 25.7 Å². The molecule has 1 aliphatic heterocycles. The number of fused-ring (bicyclic) bond motifs is 1. The molecule has 30 heavy (non-hydrogen) atoms. The van der Waals surface area contributed by atoms with Crippen LogP contribution in [0.5, 0.6) is 11.5 Å². The van der Waals surface area contributed by atoms with Crippen LogP contribution in [0.3, 0.4) is 0 Å². The Hall–Kier alpha value is -3.18. The average Bonchev–Trinajstić information content (AvgIpc) is 2.76. The van der Waals surface area contributed by atoms with E-state index < -0.39 is 0 Å². The lowest BCUT2D eigenvalue weighted by Crippen LogP contribution is -2.44. The number of carbonyl (C=O) groups excluding carboxylic acids is 1. The van der Waals surface area contributed by atoms with E-state index in [1.807, 2.05) is 60.7 Å². The predicted octanol–water partition coefficient (Wildman–Crippen LogP) is 5.15. The fourth-order valence-electron chi connectivity index (χ4n) is 3.57. The molecule has 1 heterocycles. The quantitative estimate of drug-likeness (QED) is 0.597. The monoisotopic (exact) mass is 422 g/mol. The molecule has 3 aromatic carbocycles. The van der Waals surface area contributed by atoms with E-state index in [0.29, 0.717) is 24.6 Å². The molecule has 1 aliphatic rings. The van der Waals surface area contributed by atoms with E-state index >= 15 is 0 Å². The maximum absolute atomic E-state index is 12.8. The average molecular weight is 423 g/mol. The molecule has 1 amide bonds. The van der Waals surface area contributed by atoms with Crippen molar-refractivity contribution in [2.24, 2.45) is 0 Å². The van der Waals surface area contributed by atoms with Gasteiger partial charge in [0.1, 0.15) is 18.1 Å². The molecule has 1 N–H and O–H groups in total. The number of amides is 1. The Morgan fingerprint density at radius 2 is 1.90 bits per heavy atom. The molecular formula is C24H23ClN2O3. The number of hydrogen-bond donors (Lipinski definition) is 1. The Morgan fingerprint density at radius 3 is 2.63 bits per heavy atom. The van der Waals surface area contributed by atoms with E-state index in [1.165, 1.54) is 0 Å². The number of halogens is 1. The summed E-state index contributed by atoms with van der Waals surface area (Å²) >= 11 is 6.26. The molecule has 5 nitrogen and oxygen atoms in total. The first-order valence-electron chi connectivity index (χ1n) is 9.79. The van der Waals surface area contributed by atoms with Gasteiger partial charge in [-0.15, -0.1) is 0 Å². The summed E-state index contributed by atoms with van der Waals surface area (Å²) in [5, 5.41) is 3.60. The zero-order valence-corrected chi connectivity index (χ0v) is 17.4. The van der Waals surface area contributed by atoms with Crippen LogP contribution in [-0.2, 0) is 11.3 Å². The minimum absolute atomic E-state index is 0.0719. The molecular weight excluding hydrogens is 400 g/mol. The summed E-state index contributed by atoms with van der Waals surface area (Å²) < 4.78 is 11.1. The van der Waals surface area contributed by atoms with Crippen molar-refractivity contribution in [3.63, 3.8) is 0 Å². The van der Waals surface area contributed by atoms with Gasteiger partial charge < -0.3 is 19.7 Å². The number of ether oxygens (including phenoxy) is 2. The van der Waals surface area contributed by atoms with Gasteiger partial charge in [0, 0.05) is 17.3 Å². The van der Waals surface area contributed by atoms with Crippen LogP contribution in [0.15, 0.2) is 72.8 Å². The van der Waals surface area contributed by atoms with Crippen molar-refractivity contribution in [2.45, 2.75) is 19.0 Å². The molecule has 6 heteroatoms. The standard InChI is InChI=1S/C24H23ClN2O3/c1-29-21-10-8-19(9-11-21)26-24(28)14-20-16-30-23-12-7-18(25)13-22(23)27(20)15-17-5-3-2-4-6-17/h2-13,20H,14-16H2,1H3,(H,26,28). The predicted molar refractivity (Wildman–Crippen MR) is 120 cm³/mol. The third-order valence-corrected chi connectivity index (χ3v) is 5.33. The number of nitrogens with one attached hydrogen (secondary N) is 1. The van der Waals surface area contributed by atoms with E-state index in [2.05, 4.69) is 22.3 Å². The summed E-state index contributed by atoms with van der Waals surface area (Å²) in [5.74, 6) is 1.45. The summed E-state index contributed by atoms with van der Waals surface area (Å²) in [6.07, 6.45) is 0.296. The van der Waals surface area contributed by atoms with Gasteiger partial charge in [-0.05, 0) is 48.0 Å². The second-order valence-electron chi connectivity index (χ2n) is 7.17. The Morgan fingerprint density at radius 1 is 1.13 bits per heavy atom. The van der Waals surface area contributed by atoms with E-state index in [9.17, 15) is 4.79 Å². The number of hydrogen-bond acceptors (Lipinski definition) is 4. The molecule has 0 saturated carbocycles. The van der Waals surface area contributed by atoms with Crippen molar-refractivity contribution in [3.8, 4) is 11.5 Å². The minimum atomic E-state index is -0.116. The van der Waals surface area contributed by atoms with Crippen LogP contribution < -0.4 is 19.7 Å². The summed E-state index contributed by atoms with van der Waals surface area (Å²) in [7, 11) is 1.61. The van der Waals surface area contributed by atoms with Crippen molar-refractivity contribution >= 4 is 28.9 Å². The number of rotatable bonds is 6. The fraction of sp³-hybridized carbons (Fsp3) is 0.208. The lowest BCUT2D eigenvalue weighted by Gasteiger charge is -2.38. The molecule has 0 radical (unpaired) electrons. The molecule has 0 saturated heterocycles. The normalized spacial score (nSPS) is 15.1. The lowest BCUT2D eigenvalue weighted by molar-refractivity contribution is -0.116. The lowest BCUT2D eigenvalue weighted by atomic mass is 10.1. The summed E-state index contributed by atoms with van der Waals surface area (Å²) in [5.41, 5.74) is 2.79. The smallest absolute Gasteiger partial charge is 0.226 e. The highest BCUT2D eigenvalue weighted by Crippen LogP contribution is 2.37. The molecule has 1 atom stereocenters. The second-order valence-corrected chi connectivity index (χ2v) is 7.61. The van der Waals surface area contributed by atoms with Gasteiger partial charge in [-0.3, -0.25) is 4.79 Å². The third-order valence-electron chi connectivity index (χ3n) is 5.09. The van der Waals surface area contributed by atoms with E-state index in [1.54, 1.807) is 7.11 Å². The molecule has 0 spiro atoms. The van der Waals surface area contributed by atoms with Crippen molar-refractivity contribution in [3.05, 3.63) is 83.4 Å². The number of methoxy groups -OCH3 is 1. The molecule has 154 valence electrons. The van der Waals surface area contributed by atoms with Crippen LogP contribution in [0.1, 0.15) is 12.0 Å². The van der Waals surface area contributed by atoms with Gasteiger partial charge >= 0.3 is 0 Å². The Bertz CT molecular complexity index is 1010. The van der Waals surface area contributed by atoms with Gasteiger partial charge in [0.2, 0.25) is 5.91 Å². The van der Waals surface area contributed by atoms with Gasteiger partial charge in [0.05, 0.1) is 25.3 Å². The Labute approximate surface area is 181 Å². The molecule has 1 unspecified atom stereocenters. The van der Waals surface area contributed by atoms with Crippen LogP contribution in [0, 0.1) is 0 Å². The van der Waals surface area contributed by atoms with Gasteiger partial charge in [0.15, 0.2) is 0 Å². The van der Waals surface area contributed by atoms with E-state index in [0.717, 1.165) is 28.4 Å². The SMILES string of the molecule is COc1ccc(NC(=O)CC2COc3ccc(Cl)cc3N2Cc2ccccc2)cc1. The second kappa shape index (κ2) is 9.09. The Kier molecular flexibility index (Phi) is 6.10. The molecule has 3 aromatic rings. The zero-order valence-electron chi connectivity index (χ0n) is 16.7. The molecule has 0 bridgehead atoms. The highest BCUT2D eigenvalue weighted by atomic mass is 35.5. The van der Waals surface area contributed by atoms with Crippen LogP contribution in [0.25, 0.3) is 0 Å². The largest absolute Gasteiger partial charge is 0.497 e. The maximum atomic E-state index is 12.8. The molecule has 0 aliphatic carbocycles. The van der Waals surface area contributed by atoms with Gasteiger partial charge in [-0.25, -0.2) is 0 Å². The van der Waals surface area contributed by atoms with Crippen LogP contribution in [0.2, 0.25) is 5.02 Å². The first-order valence-corrected chi connectivity index (χ1v) is 10.2. The van der Waals surface area contributed by atoms with Crippen molar-refractivity contribution in [2.75, 3.05) is 23.9 Å². The summed E-state index contributed by atoms with van der Waals surface area (Å²) in [6.45, 7) is 1.09. The highest BCUT2D eigenvalue weighted by molar-refractivity contribution is 6.31. The van der Waals surface area contributed by atoms with E-state index in [4.69, 9.17) is 21.1 Å².